The van der Waals surface area contributed by atoms with Crippen LogP contribution < -0.4 is 0 Å². The number of halogens is 3. The first-order valence-corrected chi connectivity index (χ1v) is 6.01. The van der Waals surface area contributed by atoms with Crippen LogP contribution >= 0.6 is 0 Å². The topological polar surface area (TPSA) is 34.1 Å². The minimum atomic E-state index is -4.49. The van der Waals surface area contributed by atoms with E-state index in [0.29, 0.717) is 6.42 Å². The summed E-state index contributed by atoms with van der Waals surface area (Å²) in [5, 5.41) is 0. The van der Waals surface area contributed by atoms with Gasteiger partial charge in [-0.3, -0.25) is 9.59 Å². The number of alkyl halides is 3. The molecule has 0 spiro atoms. The van der Waals surface area contributed by atoms with Crippen molar-refractivity contribution in [2.75, 3.05) is 0 Å². The second kappa shape index (κ2) is 5.99. The van der Waals surface area contributed by atoms with Crippen LogP contribution in [0.5, 0.6) is 0 Å². The van der Waals surface area contributed by atoms with Gasteiger partial charge in [0.15, 0.2) is 5.78 Å². The minimum absolute atomic E-state index is 0.0771. The van der Waals surface area contributed by atoms with Crippen molar-refractivity contribution in [1.82, 2.24) is 0 Å². The minimum Gasteiger partial charge on any atom is -0.299 e. The van der Waals surface area contributed by atoms with Gasteiger partial charge < -0.3 is 0 Å². The van der Waals surface area contributed by atoms with Gasteiger partial charge in [0.05, 0.1) is 11.5 Å². The third-order valence-electron chi connectivity index (χ3n) is 2.85. The van der Waals surface area contributed by atoms with E-state index in [0.717, 1.165) is 12.1 Å². The molecular weight excluding hydrogens is 257 g/mol. The van der Waals surface area contributed by atoms with Crippen molar-refractivity contribution in [1.29, 1.82) is 0 Å². The number of hydrogen-bond acceptors (Lipinski definition) is 2. The Morgan fingerprint density at radius 3 is 2.42 bits per heavy atom. The van der Waals surface area contributed by atoms with Crippen LogP contribution in [-0.4, -0.2) is 11.6 Å². The lowest BCUT2D eigenvalue weighted by molar-refractivity contribution is -0.137. The standard InChI is InChI=1S/C14H15F3O2/c1-3-5-12(18)9(2)13(19)10-6-4-7-11(8-10)14(15,16)17/h4,6-9H,3,5H2,1-2H3. The first-order chi connectivity index (χ1) is 8.77. The Balaban J connectivity index is 2.97. The Kier molecular flexibility index (Phi) is 4.86. The molecule has 1 atom stereocenters. The normalized spacial score (nSPS) is 13.1. The average Bonchev–Trinajstić information content (AvgIpc) is 2.36. The maximum Gasteiger partial charge on any atom is 0.416 e. The fourth-order valence-corrected chi connectivity index (χ4v) is 1.71. The molecule has 0 fully saturated rings. The average molecular weight is 272 g/mol. The van der Waals surface area contributed by atoms with Gasteiger partial charge in [0.1, 0.15) is 5.78 Å². The molecule has 2 nitrogen and oxygen atoms in total. The Hall–Kier alpha value is -1.65. The molecule has 0 bridgehead atoms. The Morgan fingerprint density at radius 1 is 1.26 bits per heavy atom. The SMILES string of the molecule is CCCC(=O)C(C)C(=O)c1cccc(C(F)(F)F)c1. The number of hydrogen-bond donors (Lipinski definition) is 0. The predicted octanol–water partition coefficient (Wildman–Crippen LogP) is 3.89. The van der Waals surface area contributed by atoms with E-state index < -0.39 is 23.4 Å². The van der Waals surface area contributed by atoms with Crippen LogP contribution in [0.25, 0.3) is 0 Å². The smallest absolute Gasteiger partial charge is 0.299 e. The van der Waals surface area contributed by atoms with E-state index in [9.17, 15) is 22.8 Å². The zero-order valence-corrected chi connectivity index (χ0v) is 10.8. The Morgan fingerprint density at radius 2 is 1.89 bits per heavy atom. The first-order valence-electron chi connectivity index (χ1n) is 6.01. The lowest BCUT2D eigenvalue weighted by atomic mass is 9.92. The quantitative estimate of drug-likeness (QED) is 0.602. The molecule has 5 heteroatoms. The van der Waals surface area contributed by atoms with Gasteiger partial charge >= 0.3 is 6.18 Å². The second-order valence-corrected chi connectivity index (χ2v) is 4.38. The lowest BCUT2D eigenvalue weighted by Gasteiger charge is -2.11. The maximum atomic E-state index is 12.5. The van der Waals surface area contributed by atoms with Crippen LogP contribution in [-0.2, 0) is 11.0 Å². The highest BCUT2D eigenvalue weighted by atomic mass is 19.4. The number of carbonyl (C=O) groups excluding carboxylic acids is 2. The van der Waals surface area contributed by atoms with Crippen molar-refractivity contribution in [3.63, 3.8) is 0 Å². The Bertz CT molecular complexity index is 478. The summed E-state index contributed by atoms with van der Waals surface area (Å²) in [7, 11) is 0. The molecule has 104 valence electrons. The van der Waals surface area contributed by atoms with Gasteiger partial charge in [-0.1, -0.05) is 19.1 Å². The van der Waals surface area contributed by atoms with Gasteiger partial charge in [-0.2, -0.15) is 13.2 Å². The summed E-state index contributed by atoms with van der Waals surface area (Å²) in [6.45, 7) is 3.24. The van der Waals surface area contributed by atoms with Gasteiger partial charge in [0.2, 0.25) is 0 Å². The highest BCUT2D eigenvalue weighted by Crippen LogP contribution is 2.30. The molecule has 0 aliphatic carbocycles. The van der Waals surface area contributed by atoms with Crippen molar-refractivity contribution in [2.24, 2.45) is 5.92 Å². The molecule has 0 radical (unpaired) electrons. The number of benzene rings is 1. The van der Waals surface area contributed by atoms with Crippen molar-refractivity contribution in [2.45, 2.75) is 32.9 Å². The van der Waals surface area contributed by atoms with Crippen molar-refractivity contribution in [3.8, 4) is 0 Å². The number of ketones is 2. The van der Waals surface area contributed by atoms with Gasteiger partial charge in [-0.25, -0.2) is 0 Å². The van der Waals surface area contributed by atoms with Crippen molar-refractivity contribution < 1.29 is 22.8 Å². The summed E-state index contributed by atoms with van der Waals surface area (Å²) in [4.78, 5) is 23.5. The number of carbonyl (C=O) groups is 2. The van der Waals surface area contributed by atoms with Gasteiger partial charge in [-0.15, -0.1) is 0 Å². The van der Waals surface area contributed by atoms with Gasteiger partial charge in [0, 0.05) is 12.0 Å². The molecule has 1 rings (SSSR count). The molecule has 0 aliphatic heterocycles. The summed E-state index contributed by atoms with van der Waals surface area (Å²) >= 11 is 0. The lowest BCUT2D eigenvalue weighted by Crippen LogP contribution is -2.21. The summed E-state index contributed by atoms with van der Waals surface area (Å²) in [6, 6.07) is 4.16. The molecule has 1 aromatic carbocycles. The molecule has 0 N–H and O–H groups in total. The largest absolute Gasteiger partial charge is 0.416 e. The monoisotopic (exact) mass is 272 g/mol. The van der Waals surface area contributed by atoms with E-state index >= 15 is 0 Å². The van der Waals surface area contributed by atoms with Gasteiger partial charge in [0.25, 0.3) is 0 Å². The van der Waals surface area contributed by atoms with Gasteiger partial charge in [-0.05, 0) is 25.5 Å². The van der Waals surface area contributed by atoms with E-state index in [4.69, 9.17) is 0 Å². The molecule has 1 aromatic rings. The van der Waals surface area contributed by atoms with Crippen LogP contribution in [0.2, 0.25) is 0 Å². The van der Waals surface area contributed by atoms with E-state index in [1.165, 1.54) is 19.1 Å². The molecule has 0 aromatic heterocycles. The first kappa shape index (κ1) is 15.4. The maximum absolute atomic E-state index is 12.5. The number of Topliss-reactive ketones (excluding diaryl/α,β-unsaturated/α-hetero) is 2. The van der Waals surface area contributed by atoms with E-state index in [-0.39, 0.29) is 17.8 Å². The second-order valence-electron chi connectivity index (χ2n) is 4.38. The third-order valence-corrected chi connectivity index (χ3v) is 2.85. The van der Waals surface area contributed by atoms with E-state index in [1.807, 2.05) is 0 Å². The highest BCUT2D eigenvalue weighted by molar-refractivity contribution is 6.10. The molecule has 1 unspecified atom stereocenters. The van der Waals surface area contributed by atoms with Crippen LogP contribution in [0.1, 0.15) is 42.6 Å². The summed E-state index contributed by atoms with van der Waals surface area (Å²) < 4.78 is 37.6. The van der Waals surface area contributed by atoms with Crippen molar-refractivity contribution >= 4 is 11.6 Å². The molecule has 0 amide bonds. The fraction of sp³-hybridized carbons (Fsp3) is 0.429. The third kappa shape index (κ3) is 3.91. The molecule has 0 saturated carbocycles. The summed E-state index contributed by atoms with van der Waals surface area (Å²) in [5.41, 5.74) is -0.958. The predicted molar refractivity (Wildman–Crippen MR) is 64.9 cm³/mol. The summed E-state index contributed by atoms with van der Waals surface area (Å²) in [6.07, 6.45) is -3.63. The van der Waals surface area contributed by atoms with Crippen LogP contribution in [0.3, 0.4) is 0 Å². The number of rotatable bonds is 5. The highest BCUT2D eigenvalue weighted by Gasteiger charge is 2.31. The molecular formula is C14H15F3O2. The van der Waals surface area contributed by atoms with Crippen LogP contribution in [0.4, 0.5) is 13.2 Å². The molecule has 0 heterocycles. The van der Waals surface area contributed by atoms with Crippen LogP contribution in [0.15, 0.2) is 24.3 Å². The van der Waals surface area contributed by atoms with E-state index in [1.54, 1.807) is 6.92 Å². The zero-order valence-electron chi connectivity index (χ0n) is 10.8. The summed E-state index contributed by atoms with van der Waals surface area (Å²) in [5.74, 6) is -1.71. The fourth-order valence-electron chi connectivity index (χ4n) is 1.71. The Labute approximate surface area is 109 Å². The molecule has 0 aliphatic rings. The van der Waals surface area contributed by atoms with Crippen molar-refractivity contribution in [3.05, 3.63) is 35.4 Å². The van der Waals surface area contributed by atoms with Crippen LogP contribution in [0, 0.1) is 5.92 Å². The molecule has 19 heavy (non-hydrogen) atoms. The molecule has 0 saturated heterocycles. The van der Waals surface area contributed by atoms with E-state index in [2.05, 4.69) is 0 Å². The zero-order chi connectivity index (χ0) is 14.6.